The molecule has 0 aliphatic rings. The van der Waals surface area contributed by atoms with Crippen LogP contribution in [0.1, 0.15) is 24.9 Å². The highest BCUT2D eigenvalue weighted by molar-refractivity contribution is 14.1. The molecule has 0 saturated heterocycles. The number of hydrogen-bond donors (Lipinski definition) is 1. The molecule has 1 rings (SSSR count). The quantitative estimate of drug-likeness (QED) is 0.631. The van der Waals surface area contributed by atoms with Crippen molar-refractivity contribution in [2.24, 2.45) is 0 Å². The molecule has 4 heteroatoms. The smallest absolute Gasteiger partial charge is 0.0291 e. The molecule has 2 atom stereocenters. The summed E-state index contributed by atoms with van der Waals surface area (Å²) in [6.07, 6.45) is 2.72. The zero-order valence-corrected chi connectivity index (χ0v) is 12.7. The van der Waals surface area contributed by atoms with E-state index in [0.29, 0.717) is 6.04 Å². The van der Waals surface area contributed by atoms with E-state index in [0.717, 1.165) is 18.7 Å². The lowest BCUT2D eigenvalue weighted by atomic mass is 10.1. The highest BCUT2D eigenvalue weighted by Gasteiger charge is 2.03. The van der Waals surface area contributed by atoms with Gasteiger partial charge in [-0.15, -0.1) is 0 Å². The number of hydrogen-bond acceptors (Lipinski definition) is 2. The van der Waals surface area contributed by atoms with Gasteiger partial charge in [0.15, 0.2) is 0 Å². The van der Waals surface area contributed by atoms with Crippen molar-refractivity contribution in [3.05, 3.63) is 33.4 Å². The molecule has 1 N–H and O–H groups in total. The van der Waals surface area contributed by atoms with Gasteiger partial charge in [0, 0.05) is 32.4 Å². The van der Waals surface area contributed by atoms with Crippen LogP contribution in [0.2, 0.25) is 0 Å². The molecular formula is C12H18INOS. The van der Waals surface area contributed by atoms with E-state index in [1.54, 1.807) is 6.26 Å². The average Bonchev–Trinajstić information content (AvgIpc) is 2.25. The minimum absolute atomic E-state index is 0.363. The van der Waals surface area contributed by atoms with Crippen LogP contribution in [0.3, 0.4) is 0 Å². The highest BCUT2D eigenvalue weighted by Crippen LogP contribution is 2.14. The van der Waals surface area contributed by atoms with Gasteiger partial charge in [-0.05, 0) is 60.2 Å². The molecule has 1 aromatic carbocycles. The first-order chi connectivity index (χ1) is 7.59. The molecule has 0 saturated carbocycles. The van der Waals surface area contributed by atoms with Gasteiger partial charge in [-0.2, -0.15) is 0 Å². The summed E-state index contributed by atoms with van der Waals surface area (Å²) >= 11 is 2.31. The lowest BCUT2D eigenvalue weighted by Crippen LogP contribution is -2.21. The lowest BCUT2D eigenvalue weighted by molar-refractivity contribution is 0.570. The van der Waals surface area contributed by atoms with Crippen LogP contribution in [0.4, 0.5) is 0 Å². The second-order valence-corrected chi connectivity index (χ2v) is 6.66. The Hall–Kier alpha value is 0.0600. The van der Waals surface area contributed by atoms with Crippen molar-refractivity contribution in [2.45, 2.75) is 19.4 Å². The Morgan fingerprint density at radius 2 is 2.00 bits per heavy atom. The molecule has 0 fully saturated rings. The summed E-state index contributed by atoms with van der Waals surface area (Å²) in [5, 5.41) is 3.44. The van der Waals surface area contributed by atoms with Gasteiger partial charge in [0.05, 0.1) is 0 Å². The van der Waals surface area contributed by atoms with Crippen LogP contribution >= 0.6 is 22.6 Å². The third-order valence-corrected chi connectivity index (χ3v) is 4.01. The lowest BCUT2D eigenvalue weighted by Gasteiger charge is -2.13. The standard InChI is InChI=1S/C12H18INOS/c1-10(14-8-3-9-16(2)15)11-4-6-12(13)7-5-11/h4-7,10,14H,3,8-9H2,1-2H3. The second-order valence-electron chi connectivity index (χ2n) is 3.86. The van der Waals surface area contributed by atoms with Crippen LogP contribution in [-0.2, 0) is 10.8 Å². The molecule has 0 spiro atoms. The maximum atomic E-state index is 10.9. The van der Waals surface area contributed by atoms with Gasteiger partial charge >= 0.3 is 0 Å². The molecule has 0 bridgehead atoms. The number of nitrogens with one attached hydrogen (secondary N) is 1. The van der Waals surface area contributed by atoms with Crippen molar-refractivity contribution < 1.29 is 4.21 Å². The molecule has 0 aliphatic carbocycles. The Kier molecular flexibility index (Phi) is 6.53. The van der Waals surface area contributed by atoms with Crippen molar-refractivity contribution in [3.8, 4) is 0 Å². The van der Waals surface area contributed by atoms with E-state index < -0.39 is 10.8 Å². The Morgan fingerprint density at radius 1 is 1.38 bits per heavy atom. The zero-order valence-electron chi connectivity index (χ0n) is 9.70. The van der Waals surface area contributed by atoms with Crippen LogP contribution in [0.15, 0.2) is 24.3 Å². The topological polar surface area (TPSA) is 29.1 Å². The minimum atomic E-state index is -0.669. The van der Waals surface area contributed by atoms with Crippen LogP contribution in [0.25, 0.3) is 0 Å². The van der Waals surface area contributed by atoms with Gasteiger partial charge in [-0.25, -0.2) is 0 Å². The van der Waals surface area contributed by atoms with Gasteiger partial charge in [0.25, 0.3) is 0 Å². The first kappa shape index (κ1) is 14.1. The monoisotopic (exact) mass is 351 g/mol. The fourth-order valence-corrected chi connectivity index (χ4v) is 2.37. The van der Waals surface area contributed by atoms with Crippen molar-refractivity contribution in [2.75, 3.05) is 18.6 Å². The molecule has 1 aromatic rings. The molecule has 0 aromatic heterocycles. The number of rotatable bonds is 6. The zero-order chi connectivity index (χ0) is 12.0. The van der Waals surface area contributed by atoms with Crippen LogP contribution in [0, 0.1) is 3.57 Å². The first-order valence-corrected chi connectivity index (χ1v) is 8.19. The van der Waals surface area contributed by atoms with Crippen molar-refractivity contribution in [3.63, 3.8) is 0 Å². The van der Waals surface area contributed by atoms with E-state index in [9.17, 15) is 4.21 Å². The number of halogens is 1. The molecule has 16 heavy (non-hydrogen) atoms. The largest absolute Gasteiger partial charge is 0.310 e. The molecular weight excluding hydrogens is 333 g/mol. The summed E-state index contributed by atoms with van der Waals surface area (Å²) in [6, 6.07) is 8.90. The summed E-state index contributed by atoms with van der Waals surface area (Å²) in [7, 11) is -0.669. The Labute approximate surface area is 114 Å². The summed E-state index contributed by atoms with van der Waals surface area (Å²) in [6.45, 7) is 3.08. The molecule has 0 aliphatic heterocycles. The van der Waals surface area contributed by atoms with E-state index in [-0.39, 0.29) is 0 Å². The summed E-state index contributed by atoms with van der Waals surface area (Å²) in [5.41, 5.74) is 1.30. The maximum absolute atomic E-state index is 10.9. The third kappa shape index (κ3) is 5.41. The molecule has 90 valence electrons. The summed E-state index contributed by atoms with van der Waals surface area (Å²) in [4.78, 5) is 0. The SMILES string of the molecule is CC(NCCCS(C)=O)c1ccc(I)cc1. The van der Waals surface area contributed by atoms with Crippen molar-refractivity contribution in [1.82, 2.24) is 5.32 Å². The first-order valence-electron chi connectivity index (χ1n) is 5.38. The predicted octanol–water partition coefficient (Wildman–Crippen LogP) is 2.71. The third-order valence-electron chi connectivity index (χ3n) is 2.43. The van der Waals surface area contributed by atoms with Crippen molar-refractivity contribution in [1.29, 1.82) is 0 Å². The van der Waals surface area contributed by atoms with E-state index in [1.807, 2.05) is 0 Å². The van der Waals surface area contributed by atoms with Gasteiger partial charge in [-0.1, -0.05) is 12.1 Å². The fraction of sp³-hybridized carbons (Fsp3) is 0.500. The Morgan fingerprint density at radius 3 is 2.56 bits per heavy atom. The van der Waals surface area contributed by atoms with Crippen LogP contribution < -0.4 is 5.32 Å². The predicted molar refractivity (Wildman–Crippen MR) is 79.1 cm³/mol. The van der Waals surface area contributed by atoms with Crippen LogP contribution in [-0.4, -0.2) is 22.8 Å². The van der Waals surface area contributed by atoms with E-state index >= 15 is 0 Å². The van der Waals surface area contributed by atoms with Gasteiger partial charge in [0.1, 0.15) is 0 Å². The number of benzene rings is 1. The van der Waals surface area contributed by atoms with Crippen molar-refractivity contribution >= 4 is 33.4 Å². The summed E-state index contributed by atoms with van der Waals surface area (Å²) in [5.74, 6) is 0.784. The highest BCUT2D eigenvalue weighted by atomic mass is 127. The Balaban J connectivity index is 2.32. The molecule has 2 nitrogen and oxygen atoms in total. The van der Waals surface area contributed by atoms with Crippen LogP contribution in [0.5, 0.6) is 0 Å². The van der Waals surface area contributed by atoms with E-state index in [2.05, 4.69) is 59.1 Å². The maximum Gasteiger partial charge on any atom is 0.0291 e. The second kappa shape index (κ2) is 7.40. The molecule has 0 radical (unpaired) electrons. The summed E-state index contributed by atoms with van der Waals surface area (Å²) < 4.78 is 12.1. The van der Waals surface area contributed by atoms with E-state index in [1.165, 1.54) is 9.13 Å². The fourth-order valence-electron chi connectivity index (χ4n) is 1.46. The van der Waals surface area contributed by atoms with Gasteiger partial charge in [-0.3, -0.25) is 4.21 Å². The van der Waals surface area contributed by atoms with E-state index in [4.69, 9.17) is 0 Å². The normalized spacial score (nSPS) is 14.7. The molecule has 0 heterocycles. The molecule has 0 amide bonds. The van der Waals surface area contributed by atoms with Gasteiger partial charge in [0.2, 0.25) is 0 Å². The Bertz CT molecular complexity index is 339. The molecule has 2 unspecified atom stereocenters. The van der Waals surface area contributed by atoms with Gasteiger partial charge < -0.3 is 5.32 Å². The average molecular weight is 351 g/mol. The minimum Gasteiger partial charge on any atom is -0.310 e.